The topological polar surface area (TPSA) is 52.9 Å². The van der Waals surface area contributed by atoms with Gasteiger partial charge in [0.05, 0.1) is 21.6 Å². The van der Waals surface area contributed by atoms with Gasteiger partial charge in [-0.2, -0.15) is 43.2 Å². The van der Waals surface area contributed by atoms with E-state index in [1.807, 2.05) is 6.19 Å². The van der Waals surface area contributed by atoms with Gasteiger partial charge in [0.2, 0.25) is 6.19 Å². The molecule has 0 aliphatic rings. The Morgan fingerprint density at radius 1 is 0.543 bits per heavy atom. The van der Waals surface area contributed by atoms with Gasteiger partial charge in [0.1, 0.15) is 0 Å². The summed E-state index contributed by atoms with van der Waals surface area (Å²) in [7, 11) is 0. The zero-order valence-corrected chi connectivity index (χ0v) is 23.3. The summed E-state index contributed by atoms with van der Waals surface area (Å²) in [5.41, 5.74) is -0.00676. The van der Waals surface area contributed by atoms with Crippen molar-refractivity contribution in [3.63, 3.8) is 0 Å². The highest BCUT2D eigenvalue weighted by Gasteiger charge is 2.32. The quantitative estimate of drug-likeness (QED) is 0.0824. The lowest BCUT2D eigenvalue weighted by Gasteiger charge is -2.15. The highest BCUT2D eigenvalue weighted by molar-refractivity contribution is 6.34. The van der Waals surface area contributed by atoms with Crippen LogP contribution in [-0.2, 0) is 12.4 Å². The van der Waals surface area contributed by atoms with Crippen molar-refractivity contribution < 1.29 is 26.3 Å². The predicted molar refractivity (Wildman–Crippen MR) is 163 cm³/mol. The SMILES string of the molecule is [C-]#[N+]/N=c1/c2ccccc2c2c(-c3ccc(C(F)(F)F)cc3)c3c(=NC#N)c4ccccc4c3c(-c3ccc(C(F)(F)F)cc3)c12. The number of hydrogen-bond donors (Lipinski definition) is 0. The van der Waals surface area contributed by atoms with Crippen LogP contribution in [0.1, 0.15) is 11.1 Å². The first-order valence-corrected chi connectivity index (χ1v) is 13.7. The molecular formula is C36H16F6N4. The highest BCUT2D eigenvalue weighted by atomic mass is 19.4. The van der Waals surface area contributed by atoms with Crippen LogP contribution in [0.2, 0.25) is 0 Å². The molecule has 7 rings (SSSR count). The maximum absolute atomic E-state index is 13.6. The molecule has 0 heterocycles. The number of nitrogens with zero attached hydrogens (tertiary/aromatic N) is 4. The number of rotatable bonds is 2. The van der Waals surface area contributed by atoms with Crippen molar-refractivity contribution >= 4 is 43.1 Å². The molecule has 0 atom stereocenters. The van der Waals surface area contributed by atoms with E-state index in [4.69, 9.17) is 6.57 Å². The van der Waals surface area contributed by atoms with Crippen LogP contribution in [0.4, 0.5) is 26.3 Å². The van der Waals surface area contributed by atoms with E-state index >= 15 is 0 Å². The second kappa shape index (κ2) is 10.3. The number of halogens is 6. The Balaban J connectivity index is 1.82. The van der Waals surface area contributed by atoms with E-state index in [1.54, 1.807) is 48.5 Å². The molecule has 46 heavy (non-hydrogen) atoms. The molecule has 0 unspecified atom stereocenters. The Hall–Kier alpha value is -6.00. The van der Waals surface area contributed by atoms with Gasteiger partial charge in [-0.1, -0.05) is 72.8 Å². The van der Waals surface area contributed by atoms with E-state index < -0.39 is 23.5 Å². The molecule has 0 spiro atoms. The van der Waals surface area contributed by atoms with E-state index in [0.717, 1.165) is 24.3 Å². The van der Waals surface area contributed by atoms with Crippen molar-refractivity contribution in [2.45, 2.75) is 12.4 Å². The molecule has 222 valence electrons. The Bertz CT molecular complexity index is 2370. The molecule has 0 aliphatic carbocycles. The van der Waals surface area contributed by atoms with Crippen LogP contribution in [0.3, 0.4) is 0 Å². The van der Waals surface area contributed by atoms with Crippen LogP contribution in [0.25, 0.3) is 70.3 Å². The molecule has 0 aliphatic heterocycles. The van der Waals surface area contributed by atoms with Crippen LogP contribution in [0, 0.1) is 18.0 Å². The minimum Gasteiger partial charge on any atom is -0.181 e. The largest absolute Gasteiger partial charge is 0.416 e. The molecule has 0 N–H and O–H groups in total. The van der Waals surface area contributed by atoms with Crippen molar-refractivity contribution in [1.29, 1.82) is 5.26 Å². The minimum absolute atomic E-state index is 0.270. The zero-order chi connectivity index (χ0) is 32.4. The molecule has 0 saturated carbocycles. The first kappa shape index (κ1) is 28.8. The molecule has 7 aromatic carbocycles. The van der Waals surface area contributed by atoms with Crippen molar-refractivity contribution in [1.82, 2.24) is 0 Å². The first-order chi connectivity index (χ1) is 22.0. The Morgan fingerprint density at radius 2 is 0.935 bits per heavy atom. The van der Waals surface area contributed by atoms with Crippen molar-refractivity contribution in [2.24, 2.45) is 10.1 Å². The molecule has 0 radical (unpaired) electrons. The second-order valence-electron chi connectivity index (χ2n) is 10.6. The summed E-state index contributed by atoms with van der Waals surface area (Å²) in [6.07, 6.45) is -7.32. The normalized spacial score (nSPS) is 13.2. The molecule has 7 aromatic rings. The van der Waals surface area contributed by atoms with Crippen molar-refractivity contribution in [3.8, 4) is 28.4 Å². The molecule has 0 amide bonds. The summed E-state index contributed by atoms with van der Waals surface area (Å²) in [6.45, 7) is 7.63. The summed E-state index contributed by atoms with van der Waals surface area (Å²) in [5, 5.41) is 18.8. The summed E-state index contributed by atoms with van der Waals surface area (Å²) < 4.78 is 81.7. The molecule has 0 saturated heterocycles. The van der Waals surface area contributed by atoms with E-state index in [1.165, 1.54) is 24.3 Å². The lowest BCUT2D eigenvalue weighted by atomic mass is 9.87. The Kier molecular flexibility index (Phi) is 6.43. The predicted octanol–water partition coefficient (Wildman–Crippen LogP) is 9.66. The molecule has 10 heteroatoms. The van der Waals surface area contributed by atoms with Gasteiger partial charge in [0, 0.05) is 43.4 Å². The molecule has 4 nitrogen and oxygen atoms in total. The van der Waals surface area contributed by atoms with Crippen molar-refractivity contribution in [3.05, 3.63) is 130 Å². The number of alkyl halides is 6. The summed E-state index contributed by atoms with van der Waals surface area (Å²) in [5.74, 6) is 0. The molecular weight excluding hydrogens is 602 g/mol. The monoisotopic (exact) mass is 618 g/mol. The number of nitriles is 1. The third kappa shape index (κ3) is 4.30. The van der Waals surface area contributed by atoms with Crippen LogP contribution >= 0.6 is 0 Å². The van der Waals surface area contributed by atoms with Crippen molar-refractivity contribution in [2.75, 3.05) is 0 Å². The fourth-order valence-electron chi connectivity index (χ4n) is 6.40. The van der Waals surface area contributed by atoms with Crippen LogP contribution < -0.4 is 10.7 Å². The summed E-state index contributed by atoms with van der Waals surface area (Å²) in [4.78, 5) is 7.50. The third-order valence-electron chi connectivity index (χ3n) is 8.19. The number of hydrogen-bond acceptors (Lipinski definition) is 3. The van der Waals surface area contributed by atoms with Crippen LogP contribution in [0.15, 0.2) is 107 Å². The van der Waals surface area contributed by atoms with E-state index in [9.17, 15) is 31.6 Å². The van der Waals surface area contributed by atoms with E-state index in [2.05, 4.69) is 15.0 Å². The standard InChI is InChI=1S/C36H16F6N4/c1-44-46-34-26-9-5-3-7-24(26)30-27(19-10-14-21(15-11-19)35(37,38)39)31-29(23-6-2-4-8-25(23)33(31)45-18-43)28(32(30)34)20-12-16-22(17-13-20)36(40,41)42/h2-17H/b45-33?,46-34-. The molecule has 0 bridgehead atoms. The minimum atomic E-state index is -4.58. The van der Waals surface area contributed by atoms with Crippen LogP contribution in [0.5, 0.6) is 0 Å². The summed E-state index contributed by atoms with van der Waals surface area (Å²) in [6, 6.07) is 23.4. The average molecular weight is 619 g/mol. The van der Waals surface area contributed by atoms with Gasteiger partial charge in [-0.3, -0.25) is 0 Å². The van der Waals surface area contributed by atoms with Gasteiger partial charge in [-0.25, -0.2) is 0 Å². The van der Waals surface area contributed by atoms with Gasteiger partial charge < -0.3 is 0 Å². The number of fused-ring (bicyclic) bond motifs is 6. The Labute approximate surface area is 255 Å². The van der Waals surface area contributed by atoms with E-state index in [-0.39, 0.29) is 10.7 Å². The third-order valence-corrected chi connectivity index (χ3v) is 8.19. The first-order valence-electron chi connectivity index (χ1n) is 13.7. The highest BCUT2D eigenvalue weighted by Crippen LogP contribution is 2.48. The molecule has 0 fully saturated rings. The van der Waals surface area contributed by atoms with Gasteiger partial charge >= 0.3 is 12.4 Å². The lowest BCUT2D eigenvalue weighted by Crippen LogP contribution is -2.06. The smallest absolute Gasteiger partial charge is 0.181 e. The maximum atomic E-state index is 13.6. The fourth-order valence-corrected chi connectivity index (χ4v) is 6.40. The zero-order valence-electron chi connectivity index (χ0n) is 23.3. The Morgan fingerprint density at radius 3 is 1.33 bits per heavy atom. The second-order valence-corrected chi connectivity index (χ2v) is 10.6. The van der Waals surface area contributed by atoms with Gasteiger partial charge in [0.25, 0.3) is 0 Å². The fraction of sp³-hybridized carbons (Fsp3) is 0.0556. The maximum Gasteiger partial charge on any atom is 0.416 e. The summed E-state index contributed by atoms with van der Waals surface area (Å²) >= 11 is 0. The number of benzene rings is 5. The van der Waals surface area contributed by atoms with Crippen LogP contribution in [-0.4, -0.2) is 0 Å². The lowest BCUT2D eigenvalue weighted by molar-refractivity contribution is -0.138. The van der Waals surface area contributed by atoms with Gasteiger partial charge in [0.15, 0.2) is 5.36 Å². The van der Waals surface area contributed by atoms with Gasteiger partial charge in [-0.15, -0.1) is 4.95 Å². The molecule has 0 aromatic heterocycles. The van der Waals surface area contributed by atoms with Gasteiger partial charge in [-0.05, 0) is 46.2 Å². The average Bonchev–Trinajstić information content (AvgIpc) is 3.53. The van der Waals surface area contributed by atoms with E-state index in [0.29, 0.717) is 65.3 Å².